The number of hydrogen-bond acceptors (Lipinski definition) is 5. The number of rotatable bonds is 2. The lowest BCUT2D eigenvalue weighted by Gasteiger charge is -2.46. The van der Waals surface area contributed by atoms with Gasteiger partial charge in [0.1, 0.15) is 4.90 Å². The van der Waals surface area contributed by atoms with Gasteiger partial charge in [0.2, 0.25) is 10.0 Å². The summed E-state index contributed by atoms with van der Waals surface area (Å²) in [5.41, 5.74) is 5.76. The van der Waals surface area contributed by atoms with E-state index in [9.17, 15) is 8.42 Å². The molecule has 7 nitrogen and oxygen atoms in total. The second-order valence-electron chi connectivity index (χ2n) is 6.12. The quantitative estimate of drug-likeness (QED) is 0.846. The van der Waals surface area contributed by atoms with E-state index in [0.717, 1.165) is 19.5 Å². The molecule has 21 heavy (non-hydrogen) atoms. The van der Waals surface area contributed by atoms with Gasteiger partial charge in [-0.2, -0.15) is 9.40 Å². The molecule has 0 bridgehead atoms. The van der Waals surface area contributed by atoms with Crippen LogP contribution in [-0.4, -0.2) is 59.1 Å². The fourth-order valence-electron chi connectivity index (χ4n) is 3.47. The molecule has 3 rings (SSSR count). The molecule has 8 heteroatoms. The van der Waals surface area contributed by atoms with Crippen LogP contribution in [0.1, 0.15) is 26.2 Å². The molecule has 3 heterocycles. The highest BCUT2D eigenvalue weighted by Gasteiger charge is 2.40. The van der Waals surface area contributed by atoms with Crippen molar-refractivity contribution in [2.45, 2.75) is 43.2 Å². The number of piperidine rings is 1. The van der Waals surface area contributed by atoms with Crippen LogP contribution in [0.15, 0.2) is 11.1 Å². The number of aryl methyl sites for hydroxylation is 1. The monoisotopic (exact) mass is 313 g/mol. The summed E-state index contributed by atoms with van der Waals surface area (Å²) >= 11 is 0. The Hall–Kier alpha value is -1.12. The van der Waals surface area contributed by atoms with E-state index in [1.807, 2.05) is 6.92 Å². The van der Waals surface area contributed by atoms with Gasteiger partial charge < -0.3 is 5.73 Å². The molecular formula is C13H23N5O2S. The summed E-state index contributed by atoms with van der Waals surface area (Å²) in [5, 5.41) is 3.96. The Morgan fingerprint density at radius 3 is 2.76 bits per heavy atom. The SMILES string of the molecule is CC1CN2CCCCC2CN1S(=O)(=O)c1cn(C)nc1N. The van der Waals surface area contributed by atoms with E-state index in [1.54, 1.807) is 11.4 Å². The van der Waals surface area contributed by atoms with Gasteiger partial charge in [0, 0.05) is 38.4 Å². The van der Waals surface area contributed by atoms with Crippen LogP contribution in [-0.2, 0) is 17.1 Å². The number of fused-ring (bicyclic) bond motifs is 1. The lowest BCUT2D eigenvalue weighted by molar-refractivity contribution is 0.0564. The van der Waals surface area contributed by atoms with Crippen molar-refractivity contribution in [1.82, 2.24) is 19.0 Å². The predicted molar refractivity (Wildman–Crippen MR) is 80.2 cm³/mol. The largest absolute Gasteiger partial charge is 0.381 e. The van der Waals surface area contributed by atoms with Gasteiger partial charge in [0.25, 0.3) is 0 Å². The molecule has 0 radical (unpaired) electrons. The highest BCUT2D eigenvalue weighted by atomic mass is 32.2. The topological polar surface area (TPSA) is 84.5 Å². The molecule has 0 aromatic carbocycles. The number of piperazine rings is 1. The Kier molecular flexibility index (Phi) is 3.71. The minimum atomic E-state index is -3.57. The van der Waals surface area contributed by atoms with Crippen molar-refractivity contribution in [3.63, 3.8) is 0 Å². The number of sulfonamides is 1. The molecule has 0 aliphatic carbocycles. The smallest absolute Gasteiger partial charge is 0.248 e. The van der Waals surface area contributed by atoms with Crippen LogP contribution >= 0.6 is 0 Å². The zero-order valence-electron chi connectivity index (χ0n) is 12.6. The third-order valence-corrected chi connectivity index (χ3v) is 6.54. The van der Waals surface area contributed by atoms with Gasteiger partial charge >= 0.3 is 0 Å². The number of hydrogen-bond donors (Lipinski definition) is 1. The molecule has 2 N–H and O–H groups in total. The van der Waals surface area contributed by atoms with Gasteiger partial charge in [-0.1, -0.05) is 6.42 Å². The molecule has 0 saturated carbocycles. The van der Waals surface area contributed by atoms with Crippen LogP contribution in [0.2, 0.25) is 0 Å². The summed E-state index contributed by atoms with van der Waals surface area (Å²) in [6.45, 7) is 4.40. The van der Waals surface area contributed by atoms with E-state index < -0.39 is 10.0 Å². The Labute approximate surface area is 125 Å². The maximum Gasteiger partial charge on any atom is 0.248 e. The van der Waals surface area contributed by atoms with Crippen LogP contribution in [0, 0.1) is 0 Å². The van der Waals surface area contributed by atoms with Crippen molar-refractivity contribution >= 4 is 15.8 Å². The summed E-state index contributed by atoms with van der Waals surface area (Å²) in [7, 11) is -1.89. The fraction of sp³-hybridized carbons (Fsp3) is 0.769. The summed E-state index contributed by atoms with van der Waals surface area (Å²) in [6.07, 6.45) is 4.95. The zero-order valence-corrected chi connectivity index (χ0v) is 13.4. The maximum absolute atomic E-state index is 12.9. The lowest BCUT2D eigenvalue weighted by Crippen LogP contribution is -2.59. The second-order valence-corrected chi connectivity index (χ2v) is 7.98. The van der Waals surface area contributed by atoms with Gasteiger partial charge in [-0.3, -0.25) is 9.58 Å². The summed E-state index contributed by atoms with van der Waals surface area (Å²) < 4.78 is 28.8. The van der Waals surface area contributed by atoms with Gasteiger partial charge in [-0.25, -0.2) is 8.42 Å². The third-order valence-electron chi connectivity index (χ3n) is 4.54. The van der Waals surface area contributed by atoms with Crippen molar-refractivity contribution in [1.29, 1.82) is 0 Å². The first-order valence-corrected chi connectivity index (χ1v) is 8.88. The Morgan fingerprint density at radius 2 is 2.10 bits per heavy atom. The molecule has 118 valence electrons. The standard InChI is InChI=1S/C13H23N5O2S/c1-10-7-17-6-4-3-5-11(17)8-18(10)21(19,20)12-9-16(2)15-13(12)14/h9-11H,3-8H2,1-2H3,(H2,14,15). The highest BCUT2D eigenvalue weighted by molar-refractivity contribution is 7.89. The summed E-state index contributed by atoms with van der Waals surface area (Å²) in [5.74, 6) is 0.0794. The fourth-order valence-corrected chi connectivity index (χ4v) is 5.22. The van der Waals surface area contributed by atoms with Crippen molar-refractivity contribution in [3.8, 4) is 0 Å². The lowest BCUT2D eigenvalue weighted by atomic mass is 9.99. The van der Waals surface area contributed by atoms with Crippen molar-refractivity contribution in [3.05, 3.63) is 6.20 Å². The van der Waals surface area contributed by atoms with Crippen LogP contribution < -0.4 is 5.73 Å². The van der Waals surface area contributed by atoms with Gasteiger partial charge in [0.15, 0.2) is 5.82 Å². The van der Waals surface area contributed by atoms with Gasteiger partial charge in [-0.15, -0.1) is 0 Å². The minimum absolute atomic E-state index is 0.0380. The zero-order chi connectivity index (χ0) is 15.2. The Balaban J connectivity index is 1.89. The number of nitrogen functional groups attached to an aromatic ring is 1. The molecule has 0 spiro atoms. The highest BCUT2D eigenvalue weighted by Crippen LogP contribution is 2.29. The van der Waals surface area contributed by atoms with Crippen molar-refractivity contribution in [2.75, 3.05) is 25.4 Å². The molecule has 2 unspecified atom stereocenters. The van der Waals surface area contributed by atoms with E-state index in [4.69, 9.17) is 5.73 Å². The number of nitrogens with zero attached hydrogens (tertiary/aromatic N) is 4. The molecule has 2 fully saturated rings. The molecule has 0 amide bonds. The predicted octanol–water partition coefficient (Wildman–Crippen LogP) is 0.250. The molecule has 2 atom stereocenters. The van der Waals surface area contributed by atoms with E-state index in [-0.39, 0.29) is 16.8 Å². The molecule has 2 saturated heterocycles. The Bertz CT molecular complexity index is 627. The number of nitrogens with two attached hydrogens (primary N) is 1. The van der Waals surface area contributed by atoms with Crippen molar-refractivity contribution in [2.24, 2.45) is 7.05 Å². The van der Waals surface area contributed by atoms with Gasteiger partial charge in [-0.05, 0) is 26.3 Å². The summed E-state index contributed by atoms with van der Waals surface area (Å²) in [6, 6.07) is 0.298. The Morgan fingerprint density at radius 1 is 1.33 bits per heavy atom. The minimum Gasteiger partial charge on any atom is -0.381 e. The average molecular weight is 313 g/mol. The van der Waals surface area contributed by atoms with Crippen LogP contribution in [0.5, 0.6) is 0 Å². The van der Waals surface area contributed by atoms with E-state index in [1.165, 1.54) is 23.7 Å². The van der Waals surface area contributed by atoms with Gasteiger partial charge in [0.05, 0.1) is 0 Å². The van der Waals surface area contributed by atoms with E-state index >= 15 is 0 Å². The molecule has 1 aromatic heterocycles. The first kappa shape index (κ1) is 14.8. The first-order valence-electron chi connectivity index (χ1n) is 7.44. The number of anilines is 1. The molecule has 2 aliphatic heterocycles. The van der Waals surface area contributed by atoms with Crippen molar-refractivity contribution < 1.29 is 8.42 Å². The molecule has 1 aromatic rings. The van der Waals surface area contributed by atoms with E-state index in [2.05, 4.69) is 10.00 Å². The maximum atomic E-state index is 12.9. The molecule has 2 aliphatic rings. The van der Waals surface area contributed by atoms with Crippen LogP contribution in [0.3, 0.4) is 0 Å². The number of aromatic nitrogens is 2. The third kappa shape index (κ3) is 2.56. The normalized spacial score (nSPS) is 28.5. The summed E-state index contributed by atoms with van der Waals surface area (Å²) in [4.78, 5) is 2.55. The van der Waals surface area contributed by atoms with Crippen LogP contribution in [0.25, 0.3) is 0 Å². The molecular weight excluding hydrogens is 290 g/mol. The van der Waals surface area contributed by atoms with E-state index in [0.29, 0.717) is 12.6 Å². The van der Waals surface area contributed by atoms with Crippen LogP contribution in [0.4, 0.5) is 5.82 Å². The first-order chi connectivity index (χ1) is 9.89. The average Bonchev–Trinajstić information content (AvgIpc) is 2.77. The second kappa shape index (κ2) is 5.26.